The van der Waals surface area contributed by atoms with E-state index in [0.717, 1.165) is 0 Å². The molecule has 0 N–H and O–H groups in total. The molecule has 0 saturated heterocycles. The SMILES string of the molecule is [N-]=[N+]=C1C=C(Cl)C=CC1Oc1ccccc1. The van der Waals surface area contributed by atoms with Gasteiger partial charge in [-0.2, -0.15) is 4.79 Å². The number of para-hydroxylation sites is 1. The Hall–Kier alpha value is -1.83. The average Bonchev–Trinajstić information content (AvgIpc) is 2.33. The Morgan fingerprint density at radius 3 is 2.69 bits per heavy atom. The highest BCUT2D eigenvalue weighted by atomic mass is 35.5. The fourth-order valence-electron chi connectivity index (χ4n) is 1.38. The van der Waals surface area contributed by atoms with Gasteiger partial charge in [0.25, 0.3) is 0 Å². The number of hydrogen-bond donors (Lipinski definition) is 0. The van der Waals surface area contributed by atoms with E-state index in [2.05, 4.69) is 4.79 Å². The predicted octanol–water partition coefficient (Wildman–Crippen LogP) is 2.80. The number of ether oxygens (including phenoxy) is 1. The van der Waals surface area contributed by atoms with Gasteiger partial charge >= 0.3 is 5.71 Å². The molecule has 0 bridgehead atoms. The first-order valence-electron chi connectivity index (χ1n) is 4.78. The molecule has 1 aromatic carbocycles. The number of hydrogen-bond acceptors (Lipinski definition) is 1. The van der Waals surface area contributed by atoms with Crippen LogP contribution in [0.2, 0.25) is 0 Å². The molecule has 0 amide bonds. The molecule has 1 atom stereocenters. The molecule has 0 saturated carbocycles. The summed E-state index contributed by atoms with van der Waals surface area (Å²) < 4.78 is 5.63. The first-order chi connectivity index (χ1) is 7.79. The van der Waals surface area contributed by atoms with Crippen LogP contribution < -0.4 is 4.74 Å². The van der Waals surface area contributed by atoms with E-state index in [0.29, 0.717) is 16.5 Å². The summed E-state index contributed by atoms with van der Waals surface area (Å²) in [5, 5.41) is 0.515. The Balaban J connectivity index is 2.18. The number of rotatable bonds is 2. The summed E-state index contributed by atoms with van der Waals surface area (Å²) in [5.41, 5.74) is 9.21. The van der Waals surface area contributed by atoms with E-state index in [9.17, 15) is 0 Å². The highest BCUT2D eigenvalue weighted by Crippen LogP contribution is 2.17. The van der Waals surface area contributed by atoms with Gasteiger partial charge in [-0.05, 0) is 24.3 Å². The van der Waals surface area contributed by atoms with Crippen molar-refractivity contribution >= 4 is 17.3 Å². The minimum atomic E-state index is -0.408. The van der Waals surface area contributed by atoms with Crippen LogP contribution in [0.25, 0.3) is 5.53 Å². The number of allylic oxidation sites excluding steroid dienone is 2. The molecule has 0 aromatic heterocycles. The molecule has 3 nitrogen and oxygen atoms in total. The Bertz CT molecular complexity index is 487. The zero-order valence-corrected chi connectivity index (χ0v) is 9.13. The second-order valence-electron chi connectivity index (χ2n) is 3.26. The molecule has 1 aliphatic carbocycles. The van der Waals surface area contributed by atoms with Crippen molar-refractivity contribution in [3.63, 3.8) is 0 Å². The van der Waals surface area contributed by atoms with Gasteiger partial charge in [-0.25, -0.2) is 0 Å². The minimum Gasteiger partial charge on any atom is -0.474 e. The van der Waals surface area contributed by atoms with E-state index < -0.39 is 6.10 Å². The average molecular weight is 233 g/mol. The first-order valence-corrected chi connectivity index (χ1v) is 5.16. The van der Waals surface area contributed by atoms with E-state index in [4.69, 9.17) is 21.9 Å². The third-order valence-corrected chi connectivity index (χ3v) is 2.36. The molecule has 0 heterocycles. The predicted molar refractivity (Wildman–Crippen MR) is 62.6 cm³/mol. The summed E-state index contributed by atoms with van der Waals surface area (Å²) in [6.45, 7) is 0. The molecule has 0 radical (unpaired) electrons. The van der Waals surface area contributed by atoms with Gasteiger partial charge in [0, 0.05) is 11.1 Å². The zero-order valence-electron chi connectivity index (χ0n) is 8.38. The van der Waals surface area contributed by atoms with Crippen molar-refractivity contribution in [1.82, 2.24) is 0 Å². The molecule has 0 fully saturated rings. The summed E-state index contributed by atoms with van der Waals surface area (Å²) >= 11 is 5.79. The van der Waals surface area contributed by atoms with Crippen molar-refractivity contribution in [3.05, 3.63) is 59.1 Å². The van der Waals surface area contributed by atoms with E-state index in [-0.39, 0.29) is 0 Å². The third-order valence-electron chi connectivity index (χ3n) is 2.13. The van der Waals surface area contributed by atoms with Crippen LogP contribution in [0.5, 0.6) is 5.75 Å². The maximum Gasteiger partial charge on any atom is 0.337 e. The third kappa shape index (κ3) is 2.40. The van der Waals surface area contributed by atoms with Gasteiger partial charge in [-0.1, -0.05) is 29.8 Å². The minimum absolute atomic E-state index is 0.386. The summed E-state index contributed by atoms with van der Waals surface area (Å²) in [6.07, 6.45) is 4.61. The molecule has 2 rings (SSSR count). The van der Waals surface area contributed by atoms with Gasteiger partial charge in [-0.15, -0.1) is 0 Å². The molecule has 1 unspecified atom stereocenters. The standard InChI is InChI=1S/C12H9ClN2O/c13-9-6-7-12(11(8-9)15-14)16-10-4-2-1-3-5-10/h1-8,12H. The van der Waals surface area contributed by atoms with Crippen molar-refractivity contribution in [3.8, 4) is 5.75 Å². The summed E-state index contributed by atoms with van der Waals surface area (Å²) in [7, 11) is 0. The Morgan fingerprint density at radius 1 is 1.25 bits per heavy atom. The van der Waals surface area contributed by atoms with Crippen molar-refractivity contribution in [2.75, 3.05) is 0 Å². The topological polar surface area (TPSA) is 45.6 Å². The number of nitrogens with zero attached hydrogens (tertiary/aromatic N) is 2. The van der Waals surface area contributed by atoms with Gasteiger partial charge < -0.3 is 10.3 Å². The first kappa shape index (κ1) is 10.7. The molecule has 0 aliphatic heterocycles. The lowest BCUT2D eigenvalue weighted by molar-refractivity contribution is -0.0135. The van der Waals surface area contributed by atoms with Crippen molar-refractivity contribution in [2.24, 2.45) is 0 Å². The Kier molecular flexibility index (Phi) is 3.20. The largest absolute Gasteiger partial charge is 0.474 e. The van der Waals surface area contributed by atoms with Crippen LogP contribution in [0.4, 0.5) is 0 Å². The second-order valence-corrected chi connectivity index (χ2v) is 3.70. The summed E-state index contributed by atoms with van der Waals surface area (Å²) in [6, 6.07) is 9.33. The summed E-state index contributed by atoms with van der Waals surface area (Å²) in [5.74, 6) is 0.713. The molecule has 1 aromatic rings. The Morgan fingerprint density at radius 2 is 2.00 bits per heavy atom. The van der Waals surface area contributed by atoms with Crippen molar-refractivity contribution in [2.45, 2.75) is 6.10 Å². The van der Waals surface area contributed by atoms with Crippen molar-refractivity contribution in [1.29, 1.82) is 0 Å². The molecular formula is C12H9ClN2O. The van der Waals surface area contributed by atoms with Crippen LogP contribution >= 0.6 is 11.6 Å². The fraction of sp³-hybridized carbons (Fsp3) is 0.0833. The van der Waals surface area contributed by atoms with E-state index in [1.807, 2.05) is 30.3 Å². The van der Waals surface area contributed by atoms with Crippen LogP contribution in [-0.2, 0) is 0 Å². The molecule has 0 spiro atoms. The molecule has 80 valence electrons. The van der Waals surface area contributed by atoms with E-state index >= 15 is 0 Å². The number of halogens is 1. The summed E-state index contributed by atoms with van der Waals surface area (Å²) in [4.78, 5) is 3.16. The van der Waals surface area contributed by atoms with Gasteiger partial charge in [-0.3, -0.25) is 0 Å². The van der Waals surface area contributed by atoms with Crippen LogP contribution in [0.1, 0.15) is 0 Å². The van der Waals surface area contributed by atoms with Gasteiger partial charge in [0.05, 0.1) is 0 Å². The highest BCUT2D eigenvalue weighted by Gasteiger charge is 2.24. The molecule has 4 heteroatoms. The Labute approximate surface area is 98.2 Å². The maximum absolute atomic E-state index is 8.83. The lowest BCUT2D eigenvalue weighted by atomic mass is 10.1. The lowest BCUT2D eigenvalue weighted by Crippen LogP contribution is -2.26. The van der Waals surface area contributed by atoms with Crippen LogP contribution in [0, 0.1) is 0 Å². The zero-order chi connectivity index (χ0) is 11.4. The van der Waals surface area contributed by atoms with E-state index in [1.54, 1.807) is 18.2 Å². The quantitative estimate of drug-likeness (QED) is 0.571. The normalized spacial score (nSPS) is 18.9. The van der Waals surface area contributed by atoms with Gasteiger partial charge in [0.1, 0.15) is 5.75 Å². The smallest absolute Gasteiger partial charge is 0.337 e. The number of benzene rings is 1. The maximum atomic E-state index is 8.83. The van der Waals surface area contributed by atoms with E-state index in [1.165, 1.54) is 0 Å². The van der Waals surface area contributed by atoms with Gasteiger partial charge in [0.15, 0.2) is 0 Å². The molecule has 1 aliphatic rings. The van der Waals surface area contributed by atoms with Crippen LogP contribution in [0.15, 0.2) is 53.6 Å². The highest BCUT2D eigenvalue weighted by molar-refractivity contribution is 6.33. The second kappa shape index (κ2) is 4.79. The van der Waals surface area contributed by atoms with Gasteiger partial charge in [0.2, 0.25) is 6.10 Å². The van der Waals surface area contributed by atoms with Crippen LogP contribution in [0.3, 0.4) is 0 Å². The molecule has 16 heavy (non-hydrogen) atoms. The fourth-order valence-corrected chi connectivity index (χ4v) is 1.57. The monoisotopic (exact) mass is 232 g/mol. The molecular weight excluding hydrogens is 224 g/mol. The lowest BCUT2D eigenvalue weighted by Gasteiger charge is -2.12. The van der Waals surface area contributed by atoms with Crippen LogP contribution in [-0.4, -0.2) is 16.6 Å². The van der Waals surface area contributed by atoms with Crippen molar-refractivity contribution < 1.29 is 9.53 Å².